The van der Waals surface area contributed by atoms with Gasteiger partial charge in [0, 0.05) is 50.1 Å². The van der Waals surface area contributed by atoms with Crippen molar-refractivity contribution in [2.24, 2.45) is 5.16 Å². The number of hydrogen-bond acceptors (Lipinski definition) is 5. The second-order valence-electron chi connectivity index (χ2n) is 8.21. The number of carbonyl (C=O) groups excluding carboxylic acids is 2. The molecule has 0 bridgehead atoms. The molecule has 2 aromatic carbocycles. The van der Waals surface area contributed by atoms with E-state index >= 15 is 0 Å². The summed E-state index contributed by atoms with van der Waals surface area (Å²) in [6.07, 6.45) is 0.518. The Bertz CT molecular complexity index is 1070. The Kier molecular flexibility index (Phi) is 7.13. The predicted molar refractivity (Wildman–Crippen MR) is 125 cm³/mol. The molecule has 0 saturated carbocycles. The number of rotatable bonds is 6. The highest BCUT2D eigenvalue weighted by atomic mass is 35.5. The van der Waals surface area contributed by atoms with Gasteiger partial charge >= 0.3 is 0 Å². The molecule has 7 nitrogen and oxygen atoms in total. The number of oxime groups is 1. The second-order valence-corrected chi connectivity index (χ2v) is 8.62. The van der Waals surface area contributed by atoms with Crippen LogP contribution in [0.15, 0.2) is 47.6 Å². The molecule has 1 fully saturated rings. The number of anilines is 1. The minimum atomic E-state index is -0.337. The lowest BCUT2D eigenvalue weighted by Crippen LogP contribution is -2.49. The Balaban J connectivity index is 1.32. The fourth-order valence-electron chi connectivity index (χ4n) is 4.02. The summed E-state index contributed by atoms with van der Waals surface area (Å²) >= 11 is 6.17. The van der Waals surface area contributed by atoms with Crippen molar-refractivity contribution in [1.82, 2.24) is 10.2 Å². The van der Waals surface area contributed by atoms with E-state index in [0.717, 1.165) is 5.56 Å². The molecule has 0 spiro atoms. The van der Waals surface area contributed by atoms with Crippen molar-refractivity contribution in [2.45, 2.75) is 25.9 Å². The van der Waals surface area contributed by atoms with E-state index in [2.05, 4.69) is 10.5 Å². The Morgan fingerprint density at radius 1 is 1.18 bits per heavy atom. The Hall–Kier alpha value is -3.13. The zero-order valence-corrected chi connectivity index (χ0v) is 19.1. The molecule has 1 atom stereocenters. The molecule has 0 radical (unpaired) electrons. The average molecular weight is 473 g/mol. The number of amides is 2. The fourth-order valence-corrected chi connectivity index (χ4v) is 4.22. The van der Waals surface area contributed by atoms with E-state index in [1.54, 1.807) is 17.0 Å². The molecule has 1 N–H and O–H groups in total. The summed E-state index contributed by atoms with van der Waals surface area (Å²) in [6.45, 7) is 3.95. The molecule has 2 aliphatic rings. The summed E-state index contributed by atoms with van der Waals surface area (Å²) in [4.78, 5) is 32.8. The number of nitrogens with one attached hydrogen (secondary N) is 1. The minimum Gasteiger partial charge on any atom is -0.390 e. The van der Waals surface area contributed by atoms with E-state index in [4.69, 9.17) is 16.4 Å². The van der Waals surface area contributed by atoms with E-state index in [1.165, 1.54) is 13.0 Å². The highest BCUT2D eigenvalue weighted by Crippen LogP contribution is 2.25. The van der Waals surface area contributed by atoms with Gasteiger partial charge in [-0.1, -0.05) is 41.0 Å². The molecule has 0 aromatic heterocycles. The highest BCUT2D eigenvalue weighted by molar-refractivity contribution is 6.31. The third kappa shape index (κ3) is 5.63. The Morgan fingerprint density at radius 2 is 1.94 bits per heavy atom. The molecular formula is C24H26ClFN4O3. The molecule has 174 valence electrons. The van der Waals surface area contributed by atoms with Crippen LogP contribution in [-0.2, 0) is 20.8 Å². The third-order valence-corrected chi connectivity index (χ3v) is 6.23. The number of piperazine rings is 1. The van der Waals surface area contributed by atoms with Crippen LogP contribution in [0.1, 0.15) is 24.5 Å². The van der Waals surface area contributed by atoms with Crippen molar-refractivity contribution < 1.29 is 18.8 Å². The zero-order valence-electron chi connectivity index (χ0n) is 18.4. The Morgan fingerprint density at radius 3 is 2.64 bits per heavy atom. The first kappa shape index (κ1) is 23.0. The quantitative estimate of drug-likeness (QED) is 0.701. The van der Waals surface area contributed by atoms with Crippen molar-refractivity contribution in [1.29, 1.82) is 0 Å². The van der Waals surface area contributed by atoms with E-state index in [0.29, 0.717) is 61.1 Å². The van der Waals surface area contributed by atoms with Gasteiger partial charge in [0.2, 0.25) is 11.8 Å². The molecule has 1 unspecified atom stereocenters. The number of hydrogen-bond donors (Lipinski definition) is 1. The molecule has 2 aliphatic heterocycles. The summed E-state index contributed by atoms with van der Waals surface area (Å²) < 4.78 is 14.9. The maximum Gasteiger partial charge on any atom is 0.227 e. The van der Waals surface area contributed by atoms with Gasteiger partial charge < -0.3 is 20.0 Å². The number of nitrogens with zero attached hydrogens (tertiary/aromatic N) is 3. The number of benzene rings is 2. The number of halogens is 2. The van der Waals surface area contributed by atoms with Crippen molar-refractivity contribution in [3.8, 4) is 0 Å². The van der Waals surface area contributed by atoms with Gasteiger partial charge in [-0.2, -0.15) is 0 Å². The van der Waals surface area contributed by atoms with Gasteiger partial charge in [0.25, 0.3) is 0 Å². The maximum atomic E-state index is 14.9. The summed E-state index contributed by atoms with van der Waals surface area (Å²) in [7, 11) is 0. The normalized spacial score (nSPS) is 18.0. The molecule has 2 heterocycles. The van der Waals surface area contributed by atoms with Gasteiger partial charge in [-0.25, -0.2) is 4.39 Å². The second kappa shape index (κ2) is 10.2. The van der Waals surface area contributed by atoms with E-state index in [9.17, 15) is 14.0 Å². The molecule has 2 amide bonds. The molecule has 0 aliphatic carbocycles. The topological polar surface area (TPSA) is 74.2 Å². The van der Waals surface area contributed by atoms with Crippen molar-refractivity contribution >= 4 is 34.8 Å². The van der Waals surface area contributed by atoms with Crippen LogP contribution in [0.3, 0.4) is 0 Å². The smallest absolute Gasteiger partial charge is 0.227 e. The molecule has 1 saturated heterocycles. The lowest BCUT2D eigenvalue weighted by Gasteiger charge is -2.36. The summed E-state index contributed by atoms with van der Waals surface area (Å²) in [5.74, 6) is -0.448. The number of carbonyl (C=O) groups is 2. The maximum absolute atomic E-state index is 14.9. The van der Waals surface area contributed by atoms with Gasteiger partial charge in [0.1, 0.15) is 11.9 Å². The van der Waals surface area contributed by atoms with E-state index in [-0.39, 0.29) is 30.2 Å². The van der Waals surface area contributed by atoms with Gasteiger partial charge in [-0.3, -0.25) is 9.59 Å². The van der Waals surface area contributed by atoms with Crippen LogP contribution >= 0.6 is 11.6 Å². The third-order valence-electron chi connectivity index (χ3n) is 5.87. The predicted octanol–water partition coefficient (Wildman–Crippen LogP) is 3.00. The lowest BCUT2D eigenvalue weighted by atomic mass is 10.0. The van der Waals surface area contributed by atoms with Crippen LogP contribution in [0.25, 0.3) is 0 Å². The molecule has 4 rings (SSSR count). The molecule has 33 heavy (non-hydrogen) atoms. The van der Waals surface area contributed by atoms with Crippen LogP contribution in [0, 0.1) is 5.82 Å². The van der Waals surface area contributed by atoms with Gasteiger partial charge in [0.15, 0.2) is 0 Å². The van der Waals surface area contributed by atoms with Crippen LogP contribution in [-0.4, -0.2) is 61.3 Å². The Labute approximate surface area is 197 Å². The van der Waals surface area contributed by atoms with E-state index < -0.39 is 0 Å². The zero-order chi connectivity index (χ0) is 23.4. The fraction of sp³-hybridized carbons (Fsp3) is 0.375. The molecule has 2 aromatic rings. The summed E-state index contributed by atoms with van der Waals surface area (Å²) in [5, 5.41) is 7.34. The first-order valence-electron chi connectivity index (χ1n) is 10.9. The van der Waals surface area contributed by atoms with Crippen molar-refractivity contribution in [2.75, 3.05) is 37.6 Å². The SMILES string of the molecule is CC(=O)NCC1CC(c2ccc(N3CCN(C(=O)Cc4ccccc4Cl)CC3)c(F)c2)=NO1. The lowest BCUT2D eigenvalue weighted by molar-refractivity contribution is -0.130. The van der Waals surface area contributed by atoms with Crippen LogP contribution in [0.4, 0.5) is 10.1 Å². The summed E-state index contributed by atoms with van der Waals surface area (Å²) in [5.41, 5.74) is 2.64. The van der Waals surface area contributed by atoms with E-state index in [1.807, 2.05) is 29.2 Å². The first-order valence-corrected chi connectivity index (χ1v) is 11.3. The van der Waals surface area contributed by atoms with Crippen molar-refractivity contribution in [3.63, 3.8) is 0 Å². The standard InChI is InChI=1S/C24H26ClFN4O3/c1-16(31)27-15-19-14-22(28-33-19)18-6-7-23(21(26)12-18)29-8-10-30(11-9-29)24(32)13-17-4-2-3-5-20(17)25/h2-7,12,19H,8-11,13-15H2,1H3,(H,27,31). The highest BCUT2D eigenvalue weighted by Gasteiger charge is 2.26. The van der Waals surface area contributed by atoms with Crippen LogP contribution < -0.4 is 10.2 Å². The van der Waals surface area contributed by atoms with Crippen LogP contribution in [0.2, 0.25) is 5.02 Å². The largest absolute Gasteiger partial charge is 0.390 e. The van der Waals surface area contributed by atoms with Crippen LogP contribution in [0.5, 0.6) is 0 Å². The average Bonchev–Trinajstić information content (AvgIpc) is 3.28. The first-order chi connectivity index (χ1) is 15.9. The minimum absolute atomic E-state index is 0.0200. The van der Waals surface area contributed by atoms with Gasteiger partial charge in [-0.15, -0.1) is 0 Å². The van der Waals surface area contributed by atoms with Gasteiger partial charge in [0.05, 0.1) is 24.4 Å². The van der Waals surface area contributed by atoms with Gasteiger partial charge in [-0.05, 0) is 23.8 Å². The summed E-state index contributed by atoms with van der Waals surface area (Å²) in [6, 6.07) is 12.4. The molecular weight excluding hydrogens is 447 g/mol. The van der Waals surface area contributed by atoms with Crippen molar-refractivity contribution in [3.05, 3.63) is 64.4 Å². The monoisotopic (exact) mass is 472 g/mol. The molecule has 9 heteroatoms.